The molecular formula is C10H18N2O3. The lowest BCUT2D eigenvalue weighted by molar-refractivity contribution is -0.141. The SMILES string of the molecule is CCC(N)C(=O)N[C@H]1CC[C@@H](C(=O)O)C1. The van der Waals surface area contributed by atoms with E-state index in [0.717, 1.165) is 6.42 Å². The molecule has 0 aliphatic heterocycles. The topological polar surface area (TPSA) is 92.4 Å². The first-order valence-electron chi connectivity index (χ1n) is 5.33. The maximum atomic E-state index is 11.4. The fraction of sp³-hybridized carbons (Fsp3) is 0.800. The molecule has 3 atom stereocenters. The molecule has 1 saturated carbocycles. The lowest BCUT2D eigenvalue weighted by atomic mass is 10.1. The van der Waals surface area contributed by atoms with E-state index in [1.165, 1.54) is 0 Å². The fourth-order valence-electron chi connectivity index (χ4n) is 1.83. The Kier molecular flexibility index (Phi) is 4.08. The van der Waals surface area contributed by atoms with Crippen LogP contribution in [0.2, 0.25) is 0 Å². The zero-order chi connectivity index (χ0) is 11.4. The van der Waals surface area contributed by atoms with Gasteiger partial charge in [0.25, 0.3) is 0 Å². The molecule has 0 aromatic carbocycles. The van der Waals surface area contributed by atoms with Gasteiger partial charge in [0.1, 0.15) is 0 Å². The van der Waals surface area contributed by atoms with Gasteiger partial charge in [-0.25, -0.2) is 0 Å². The molecular weight excluding hydrogens is 196 g/mol. The minimum absolute atomic E-state index is 0.0174. The van der Waals surface area contributed by atoms with Gasteiger partial charge < -0.3 is 16.2 Å². The summed E-state index contributed by atoms with van der Waals surface area (Å²) in [5, 5.41) is 11.6. The monoisotopic (exact) mass is 214 g/mol. The molecule has 15 heavy (non-hydrogen) atoms. The first-order valence-corrected chi connectivity index (χ1v) is 5.33. The van der Waals surface area contributed by atoms with E-state index in [9.17, 15) is 9.59 Å². The summed E-state index contributed by atoms with van der Waals surface area (Å²) in [7, 11) is 0. The fourth-order valence-corrected chi connectivity index (χ4v) is 1.83. The number of rotatable bonds is 4. The molecule has 0 aromatic rings. The number of nitrogens with two attached hydrogens (primary N) is 1. The molecule has 0 heterocycles. The standard InChI is InChI=1S/C10H18N2O3/c1-2-8(11)9(13)12-7-4-3-6(5-7)10(14)15/h6-8H,2-5,11H2,1H3,(H,12,13)(H,14,15)/t6-,7+,8?/m1/s1. The van der Waals surface area contributed by atoms with Crippen molar-refractivity contribution in [1.82, 2.24) is 5.32 Å². The highest BCUT2D eigenvalue weighted by Gasteiger charge is 2.31. The summed E-state index contributed by atoms with van der Waals surface area (Å²) in [6, 6.07) is -0.495. The van der Waals surface area contributed by atoms with Crippen molar-refractivity contribution in [2.24, 2.45) is 11.7 Å². The number of carboxylic acid groups (broad SMARTS) is 1. The summed E-state index contributed by atoms with van der Waals surface area (Å²) in [6.45, 7) is 1.85. The van der Waals surface area contributed by atoms with Gasteiger partial charge in [-0.15, -0.1) is 0 Å². The summed E-state index contributed by atoms with van der Waals surface area (Å²) in [4.78, 5) is 22.1. The lowest BCUT2D eigenvalue weighted by Crippen LogP contribution is -2.44. The van der Waals surface area contributed by atoms with Gasteiger partial charge in [0.05, 0.1) is 12.0 Å². The predicted molar refractivity (Wildman–Crippen MR) is 55.2 cm³/mol. The van der Waals surface area contributed by atoms with E-state index in [4.69, 9.17) is 10.8 Å². The highest BCUT2D eigenvalue weighted by Crippen LogP contribution is 2.25. The van der Waals surface area contributed by atoms with Crippen LogP contribution >= 0.6 is 0 Å². The van der Waals surface area contributed by atoms with Crippen LogP contribution in [-0.2, 0) is 9.59 Å². The molecule has 5 heteroatoms. The molecule has 0 saturated heterocycles. The van der Waals surface area contributed by atoms with Crippen LogP contribution in [0.1, 0.15) is 32.6 Å². The van der Waals surface area contributed by atoms with Crippen LogP contribution in [0.25, 0.3) is 0 Å². The molecule has 0 bridgehead atoms. The van der Waals surface area contributed by atoms with Crippen molar-refractivity contribution < 1.29 is 14.7 Å². The molecule has 86 valence electrons. The molecule has 1 unspecified atom stereocenters. The third kappa shape index (κ3) is 3.20. The van der Waals surface area contributed by atoms with Gasteiger partial charge >= 0.3 is 5.97 Å². The van der Waals surface area contributed by atoms with Crippen molar-refractivity contribution in [3.05, 3.63) is 0 Å². The van der Waals surface area contributed by atoms with Gasteiger partial charge in [0.15, 0.2) is 0 Å². The van der Waals surface area contributed by atoms with Gasteiger partial charge in [-0.05, 0) is 25.7 Å². The molecule has 4 N–H and O–H groups in total. The number of carboxylic acids is 1. The summed E-state index contributed by atoms with van der Waals surface area (Å²) >= 11 is 0. The normalized spacial score (nSPS) is 27.3. The number of carbonyl (C=O) groups excluding carboxylic acids is 1. The van der Waals surface area contributed by atoms with E-state index < -0.39 is 12.0 Å². The first-order chi connectivity index (χ1) is 7.04. The summed E-state index contributed by atoms with van der Waals surface area (Å²) in [6.07, 6.45) is 2.50. The second-order valence-corrected chi connectivity index (χ2v) is 4.07. The molecule has 0 radical (unpaired) electrons. The minimum atomic E-state index is -0.772. The summed E-state index contributed by atoms with van der Waals surface area (Å²) in [5.74, 6) is -1.26. The third-order valence-electron chi connectivity index (χ3n) is 2.90. The molecule has 1 rings (SSSR count). The average molecular weight is 214 g/mol. The van der Waals surface area contributed by atoms with Crippen molar-refractivity contribution in [1.29, 1.82) is 0 Å². The second-order valence-electron chi connectivity index (χ2n) is 4.07. The molecule has 1 aliphatic carbocycles. The average Bonchev–Trinajstić information content (AvgIpc) is 2.65. The van der Waals surface area contributed by atoms with E-state index in [1.54, 1.807) is 0 Å². The Morgan fingerprint density at radius 1 is 1.53 bits per heavy atom. The van der Waals surface area contributed by atoms with Gasteiger partial charge in [0.2, 0.25) is 5.91 Å². The molecule has 0 aromatic heterocycles. The summed E-state index contributed by atoms with van der Waals surface area (Å²) in [5.41, 5.74) is 5.56. The number of hydrogen-bond donors (Lipinski definition) is 3. The molecule has 5 nitrogen and oxygen atoms in total. The van der Waals surface area contributed by atoms with Crippen LogP contribution in [0, 0.1) is 5.92 Å². The first kappa shape index (κ1) is 12.0. The third-order valence-corrected chi connectivity index (χ3v) is 2.90. The molecule has 1 aliphatic rings. The Labute approximate surface area is 89.0 Å². The Morgan fingerprint density at radius 2 is 2.20 bits per heavy atom. The number of aliphatic carboxylic acids is 1. The van der Waals surface area contributed by atoms with E-state index >= 15 is 0 Å². The van der Waals surface area contributed by atoms with Crippen molar-refractivity contribution >= 4 is 11.9 Å². The molecule has 1 fully saturated rings. The number of carbonyl (C=O) groups is 2. The second kappa shape index (κ2) is 5.11. The highest BCUT2D eigenvalue weighted by molar-refractivity contribution is 5.81. The van der Waals surface area contributed by atoms with Crippen LogP contribution < -0.4 is 11.1 Å². The van der Waals surface area contributed by atoms with Crippen molar-refractivity contribution in [3.8, 4) is 0 Å². The van der Waals surface area contributed by atoms with E-state index in [-0.39, 0.29) is 17.9 Å². The molecule has 0 spiro atoms. The maximum Gasteiger partial charge on any atom is 0.306 e. The Hall–Kier alpha value is -1.10. The van der Waals surface area contributed by atoms with Crippen LogP contribution in [0.3, 0.4) is 0 Å². The van der Waals surface area contributed by atoms with Crippen molar-refractivity contribution in [2.45, 2.75) is 44.7 Å². The lowest BCUT2D eigenvalue weighted by Gasteiger charge is -2.15. The van der Waals surface area contributed by atoms with Crippen LogP contribution in [0.15, 0.2) is 0 Å². The Morgan fingerprint density at radius 3 is 2.67 bits per heavy atom. The van der Waals surface area contributed by atoms with Gasteiger partial charge in [-0.3, -0.25) is 9.59 Å². The quantitative estimate of drug-likeness (QED) is 0.618. The van der Waals surface area contributed by atoms with Crippen molar-refractivity contribution in [2.75, 3.05) is 0 Å². The van der Waals surface area contributed by atoms with Gasteiger partial charge in [0, 0.05) is 6.04 Å². The van der Waals surface area contributed by atoms with Crippen LogP contribution in [-0.4, -0.2) is 29.1 Å². The highest BCUT2D eigenvalue weighted by atomic mass is 16.4. The minimum Gasteiger partial charge on any atom is -0.481 e. The Balaban J connectivity index is 2.36. The van der Waals surface area contributed by atoms with Crippen LogP contribution in [0.4, 0.5) is 0 Å². The number of amides is 1. The maximum absolute atomic E-state index is 11.4. The van der Waals surface area contributed by atoms with E-state index in [0.29, 0.717) is 19.3 Å². The number of hydrogen-bond acceptors (Lipinski definition) is 3. The smallest absolute Gasteiger partial charge is 0.306 e. The Bertz CT molecular complexity index is 255. The summed E-state index contributed by atoms with van der Waals surface area (Å²) < 4.78 is 0. The predicted octanol–water partition coefficient (Wildman–Crippen LogP) is 0.0932. The van der Waals surface area contributed by atoms with Gasteiger partial charge in [-0.1, -0.05) is 6.92 Å². The number of nitrogens with one attached hydrogen (secondary N) is 1. The van der Waals surface area contributed by atoms with Gasteiger partial charge in [-0.2, -0.15) is 0 Å². The zero-order valence-corrected chi connectivity index (χ0v) is 8.90. The molecule has 1 amide bonds. The largest absolute Gasteiger partial charge is 0.481 e. The zero-order valence-electron chi connectivity index (χ0n) is 8.90. The van der Waals surface area contributed by atoms with Crippen molar-refractivity contribution in [3.63, 3.8) is 0 Å². The van der Waals surface area contributed by atoms with E-state index in [1.807, 2.05) is 6.92 Å². The van der Waals surface area contributed by atoms with Crippen LogP contribution in [0.5, 0.6) is 0 Å². The van der Waals surface area contributed by atoms with E-state index in [2.05, 4.69) is 5.32 Å².